The highest BCUT2D eigenvalue weighted by molar-refractivity contribution is 6.51. The largest absolute Gasteiger partial charge is 0.196 e. The summed E-state index contributed by atoms with van der Waals surface area (Å²) < 4.78 is 0. The second kappa shape index (κ2) is 6.25. The maximum atomic E-state index is 8.97. The third-order valence-corrected chi connectivity index (χ3v) is 3.51. The van der Waals surface area contributed by atoms with E-state index in [1.165, 1.54) is 0 Å². The van der Waals surface area contributed by atoms with E-state index in [9.17, 15) is 0 Å². The fraction of sp³-hybridized carbons (Fsp3) is 0. The number of nitrogens with zero attached hydrogens (tertiary/aromatic N) is 3. The van der Waals surface area contributed by atoms with E-state index >= 15 is 0 Å². The van der Waals surface area contributed by atoms with E-state index in [2.05, 4.69) is 15.4 Å². The Labute approximate surface area is 132 Å². The Hall–Kier alpha value is -2.90. The van der Waals surface area contributed by atoms with E-state index in [0.717, 1.165) is 16.7 Å². The van der Waals surface area contributed by atoms with Crippen LogP contribution in [0.4, 0.5) is 0 Å². The number of H-pyrrole nitrogens is 1. The van der Waals surface area contributed by atoms with Gasteiger partial charge in [0.15, 0.2) is 5.69 Å². The standard InChI is InChI=1S/C17H11ClN4/c18-15(10-12-4-2-1-3-5-12)13-6-8-14(9-7-13)17-16(11-19)20-22-21-17/h1-10H,(H,20,21,22). The molecule has 0 saturated heterocycles. The topological polar surface area (TPSA) is 65.4 Å². The van der Waals surface area contributed by atoms with Crippen LogP contribution in [0.2, 0.25) is 0 Å². The van der Waals surface area contributed by atoms with E-state index in [1.54, 1.807) is 0 Å². The summed E-state index contributed by atoms with van der Waals surface area (Å²) in [5.74, 6) is 0. The zero-order valence-electron chi connectivity index (χ0n) is 11.5. The summed E-state index contributed by atoms with van der Waals surface area (Å²) in [7, 11) is 0. The quantitative estimate of drug-likeness (QED) is 0.741. The molecule has 0 saturated carbocycles. The first kappa shape index (κ1) is 14.1. The van der Waals surface area contributed by atoms with Crippen molar-refractivity contribution in [3.8, 4) is 17.3 Å². The molecule has 2 aromatic carbocycles. The summed E-state index contributed by atoms with van der Waals surface area (Å²) >= 11 is 6.35. The first-order chi connectivity index (χ1) is 10.8. The summed E-state index contributed by atoms with van der Waals surface area (Å²) in [5, 5.41) is 19.9. The molecule has 5 heteroatoms. The SMILES string of the molecule is N#Cc1n[nH]nc1-c1ccc(C(Cl)=Cc2ccccc2)cc1. The zero-order valence-corrected chi connectivity index (χ0v) is 12.2. The predicted octanol–water partition coefficient (Wildman–Crippen LogP) is 4.08. The van der Waals surface area contributed by atoms with Crippen LogP contribution in [-0.4, -0.2) is 15.4 Å². The van der Waals surface area contributed by atoms with Crippen molar-refractivity contribution in [1.29, 1.82) is 5.26 Å². The van der Waals surface area contributed by atoms with Crippen LogP contribution in [0.25, 0.3) is 22.4 Å². The second-order valence-corrected chi connectivity index (χ2v) is 5.02. The lowest BCUT2D eigenvalue weighted by Gasteiger charge is -2.02. The van der Waals surface area contributed by atoms with E-state index in [-0.39, 0.29) is 5.69 Å². The maximum Gasteiger partial charge on any atom is 0.190 e. The number of aromatic nitrogens is 3. The van der Waals surface area contributed by atoms with Gasteiger partial charge in [-0.05, 0) is 17.2 Å². The molecule has 1 heterocycles. The zero-order chi connectivity index (χ0) is 15.4. The Morgan fingerprint density at radius 2 is 1.77 bits per heavy atom. The lowest BCUT2D eigenvalue weighted by molar-refractivity contribution is 0.937. The molecular formula is C17H11ClN4. The van der Waals surface area contributed by atoms with E-state index in [0.29, 0.717) is 10.7 Å². The summed E-state index contributed by atoms with van der Waals surface area (Å²) in [6.07, 6.45) is 1.91. The molecule has 106 valence electrons. The lowest BCUT2D eigenvalue weighted by atomic mass is 10.1. The molecular weight excluding hydrogens is 296 g/mol. The average Bonchev–Trinajstić information content (AvgIpc) is 3.04. The molecule has 1 N–H and O–H groups in total. The van der Waals surface area contributed by atoms with Crippen LogP contribution in [0.5, 0.6) is 0 Å². The third kappa shape index (κ3) is 2.90. The number of halogens is 1. The Morgan fingerprint density at radius 3 is 2.45 bits per heavy atom. The minimum atomic E-state index is 0.277. The molecule has 1 aromatic heterocycles. The van der Waals surface area contributed by atoms with Crippen molar-refractivity contribution in [1.82, 2.24) is 15.4 Å². The van der Waals surface area contributed by atoms with Gasteiger partial charge in [0, 0.05) is 10.6 Å². The molecule has 4 nitrogen and oxygen atoms in total. The van der Waals surface area contributed by atoms with Crippen LogP contribution in [0.3, 0.4) is 0 Å². The molecule has 0 bridgehead atoms. The first-order valence-corrected chi connectivity index (χ1v) is 6.99. The molecule has 0 unspecified atom stereocenters. The number of rotatable bonds is 3. The van der Waals surface area contributed by atoms with Gasteiger partial charge < -0.3 is 0 Å². The maximum absolute atomic E-state index is 8.97. The number of hydrogen-bond donors (Lipinski definition) is 1. The Morgan fingerprint density at radius 1 is 1.05 bits per heavy atom. The number of nitrogens with one attached hydrogen (secondary N) is 1. The van der Waals surface area contributed by atoms with E-state index < -0.39 is 0 Å². The number of nitriles is 1. The molecule has 0 aliphatic heterocycles. The molecule has 0 amide bonds. The number of aromatic amines is 1. The van der Waals surface area contributed by atoms with Gasteiger partial charge in [0.2, 0.25) is 0 Å². The van der Waals surface area contributed by atoms with Crippen LogP contribution in [0, 0.1) is 11.3 Å². The monoisotopic (exact) mass is 306 g/mol. The molecule has 0 fully saturated rings. The van der Waals surface area contributed by atoms with Gasteiger partial charge in [-0.25, -0.2) is 0 Å². The molecule has 0 spiro atoms. The van der Waals surface area contributed by atoms with Gasteiger partial charge in [-0.1, -0.05) is 66.2 Å². The van der Waals surface area contributed by atoms with Crippen molar-refractivity contribution in [3.05, 3.63) is 71.4 Å². The highest BCUT2D eigenvalue weighted by Crippen LogP contribution is 2.25. The lowest BCUT2D eigenvalue weighted by Crippen LogP contribution is -1.84. The summed E-state index contributed by atoms with van der Waals surface area (Å²) in [4.78, 5) is 0. The van der Waals surface area contributed by atoms with Crippen LogP contribution in [-0.2, 0) is 0 Å². The number of hydrogen-bond acceptors (Lipinski definition) is 3. The molecule has 3 aromatic rings. The van der Waals surface area contributed by atoms with Gasteiger partial charge in [0.05, 0.1) is 0 Å². The summed E-state index contributed by atoms with van der Waals surface area (Å²) in [6.45, 7) is 0. The second-order valence-electron chi connectivity index (χ2n) is 4.61. The molecule has 0 aliphatic carbocycles. The smallest absolute Gasteiger partial charge is 0.190 e. The average molecular weight is 307 g/mol. The van der Waals surface area contributed by atoms with Crippen molar-refractivity contribution in [2.45, 2.75) is 0 Å². The van der Waals surface area contributed by atoms with Crippen LogP contribution in [0.1, 0.15) is 16.8 Å². The van der Waals surface area contributed by atoms with Gasteiger partial charge in [-0.15, -0.1) is 5.10 Å². The molecule has 0 atom stereocenters. The normalized spacial score (nSPS) is 11.2. The fourth-order valence-corrected chi connectivity index (χ4v) is 2.33. The fourth-order valence-electron chi connectivity index (χ4n) is 2.08. The Kier molecular flexibility index (Phi) is 3.99. The number of benzene rings is 2. The van der Waals surface area contributed by atoms with Crippen LogP contribution < -0.4 is 0 Å². The van der Waals surface area contributed by atoms with Crippen molar-refractivity contribution in [3.63, 3.8) is 0 Å². The van der Waals surface area contributed by atoms with Crippen LogP contribution in [0.15, 0.2) is 54.6 Å². The van der Waals surface area contributed by atoms with Gasteiger partial charge >= 0.3 is 0 Å². The first-order valence-electron chi connectivity index (χ1n) is 6.62. The van der Waals surface area contributed by atoms with Crippen molar-refractivity contribution < 1.29 is 0 Å². The highest BCUT2D eigenvalue weighted by atomic mass is 35.5. The summed E-state index contributed by atoms with van der Waals surface area (Å²) in [5.41, 5.74) is 3.57. The Bertz CT molecular complexity index is 842. The van der Waals surface area contributed by atoms with Gasteiger partial charge in [0.25, 0.3) is 0 Å². The molecule has 0 radical (unpaired) electrons. The van der Waals surface area contributed by atoms with E-state index in [1.807, 2.05) is 66.7 Å². The summed E-state index contributed by atoms with van der Waals surface area (Å²) in [6, 6.07) is 19.4. The molecule has 0 aliphatic rings. The van der Waals surface area contributed by atoms with Gasteiger partial charge in [-0.2, -0.15) is 15.6 Å². The van der Waals surface area contributed by atoms with Crippen molar-refractivity contribution >= 4 is 22.7 Å². The van der Waals surface area contributed by atoms with Crippen molar-refractivity contribution in [2.24, 2.45) is 0 Å². The predicted molar refractivity (Wildman–Crippen MR) is 86.7 cm³/mol. The van der Waals surface area contributed by atoms with Gasteiger partial charge in [0.1, 0.15) is 11.8 Å². The highest BCUT2D eigenvalue weighted by Gasteiger charge is 2.09. The molecule has 22 heavy (non-hydrogen) atoms. The van der Waals surface area contributed by atoms with Gasteiger partial charge in [-0.3, -0.25) is 0 Å². The Balaban J connectivity index is 1.89. The van der Waals surface area contributed by atoms with Crippen molar-refractivity contribution in [2.75, 3.05) is 0 Å². The molecule has 3 rings (SSSR count). The minimum absolute atomic E-state index is 0.277. The van der Waals surface area contributed by atoms with Crippen LogP contribution >= 0.6 is 11.6 Å². The minimum Gasteiger partial charge on any atom is -0.196 e. The van der Waals surface area contributed by atoms with E-state index in [4.69, 9.17) is 16.9 Å². The third-order valence-electron chi connectivity index (χ3n) is 3.18.